The van der Waals surface area contributed by atoms with E-state index in [1.165, 1.54) is 11.1 Å². The third kappa shape index (κ3) is 6.64. The molecule has 0 aliphatic carbocycles. The average molecular weight is 497 g/mol. The molecule has 0 saturated heterocycles. The predicted molar refractivity (Wildman–Crippen MR) is 148 cm³/mol. The van der Waals surface area contributed by atoms with Gasteiger partial charge in [0.15, 0.2) is 23.0 Å². The minimum absolute atomic E-state index is 0.645. The van der Waals surface area contributed by atoms with Crippen molar-refractivity contribution in [2.75, 3.05) is 28.4 Å². The van der Waals surface area contributed by atoms with E-state index in [0.29, 0.717) is 23.0 Å². The molecular weight excluding hydrogens is 464 g/mol. The van der Waals surface area contributed by atoms with Crippen LogP contribution in [0.5, 0.6) is 34.5 Å². The molecule has 4 rings (SSSR count). The molecular formula is C32H32O5. The lowest BCUT2D eigenvalue weighted by Crippen LogP contribution is -1.94. The molecule has 0 aliphatic rings. The Kier molecular flexibility index (Phi) is 8.71. The topological polar surface area (TPSA) is 46.2 Å². The molecule has 0 radical (unpaired) electrons. The zero-order chi connectivity index (χ0) is 26.0. The van der Waals surface area contributed by atoms with Crippen LogP contribution in [0.4, 0.5) is 0 Å². The van der Waals surface area contributed by atoms with Crippen molar-refractivity contribution in [3.05, 3.63) is 107 Å². The van der Waals surface area contributed by atoms with E-state index in [1.807, 2.05) is 72.8 Å². The monoisotopic (exact) mass is 496 g/mol. The fourth-order valence-electron chi connectivity index (χ4n) is 4.07. The first-order chi connectivity index (χ1) is 18.1. The zero-order valence-corrected chi connectivity index (χ0v) is 21.7. The van der Waals surface area contributed by atoms with Crippen molar-refractivity contribution in [2.24, 2.45) is 0 Å². The molecule has 5 heteroatoms. The van der Waals surface area contributed by atoms with E-state index in [0.717, 1.165) is 35.5 Å². The van der Waals surface area contributed by atoms with E-state index >= 15 is 0 Å². The van der Waals surface area contributed by atoms with Gasteiger partial charge in [0.2, 0.25) is 0 Å². The zero-order valence-electron chi connectivity index (χ0n) is 21.7. The van der Waals surface area contributed by atoms with Crippen molar-refractivity contribution in [1.82, 2.24) is 0 Å². The Bertz CT molecular complexity index is 1340. The minimum Gasteiger partial charge on any atom is -0.497 e. The quantitative estimate of drug-likeness (QED) is 0.202. The van der Waals surface area contributed by atoms with Crippen LogP contribution in [-0.4, -0.2) is 28.4 Å². The number of rotatable bonds is 11. The summed E-state index contributed by atoms with van der Waals surface area (Å²) in [5.74, 6) is 4.33. The Hall–Kier alpha value is -4.38. The molecule has 0 saturated carbocycles. The molecule has 0 unspecified atom stereocenters. The lowest BCUT2D eigenvalue weighted by molar-refractivity contribution is 0.354. The van der Waals surface area contributed by atoms with Crippen LogP contribution >= 0.6 is 0 Å². The molecule has 0 atom stereocenters. The van der Waals surface area contributed by atoms with Crippen molar-refractivity contribution >= 4 is 12.2 Å². The van der Waals surface area contributed by atoms with Crippen molar-refractivity contribution in [1.29, 1.82) is 0 Å². The highest BCUT2D eigenvalue weighted by Crippen LogP contribution is 2.35. The van der Waals surface area contributed by atoms with Gasteiger partial charge in [0, 0.05) is 5.56 Å². The molecule has 4 aromatic rings. The SMILES string of the molecule is COc1cccc(CCc2ccc(Oc3cc(/C=C/c4cccc(OC)c4OC)ccc3OC)cc2)c1. The molecule has 0 aliphatic heterocycles. The van der Waals surface area contributed by atoms with Crippen LogP contribution in [0.25, 0.3) is 12.2 Å². The molecule has 0 spiro atoms. The molecule has 5 nitrogen and oxygen atoms in total. The summed E-state index contributed by atoms with van der Waals surface area (Å²) in [6.07, 6.45) is 5.87. The van der Waals surface area contributed by atoms with Crippen LogP contribution in [0.3, 0.4) is 0 Å². The number of methoxy groups -OCH3 is 4. The van der Waals surface area contributed by atoms with Gasteiger partial charge in [-0.25, -0.2) is 0 Å². The molecule has 0 amide bonds. The standard InChI is InChI=1S/C32H32O5/c1-33-28-9-5-7-24(21-28)12-11-23-14-18-27(19-15-23)37-31-22-25(16-20-29(31)34-2)13-17-26-8-6-10-30(35-3)32(26)36-4/h5-10,13-22H,11-12H2,1-4H3/b17-13+. The van der Waals surface area contributed by atoms with Gasteiger partial charge in [0.25, 0.3) is 0 Å². The van der Waals surface area contributed by atoms with Crippen LogP contribution in [0.2, 0.25) is 0 Å². The Balaban J connectivity index is 1.46. The number of hydrogen-bond acceptors (Lipinski definition) is 5. The maximum atomic E-state index is 6.20. The summed E-state index contributed by atoms with van der Waals surface area (Å²) in [4.78, 5) is 0. The van der Waals surface area contributed by atoms with Crippen LogP contribution in [-0.2, 0) is 12.8 Å². The molecule has 190 valence electrons. The van der Waals surface area contributed by atoms with Crippen LogP contribution in [0.15, 0.2) is 84.9 Å². The molecule has 0 N–H and O–H groups in total. The number of hydrogen-bond donors (Lipinski definition) is 0. The summed E-state index contributed by atoms with van der Waals surface area (Å²) < 4.78 is 28.0. The summed E-state index contributed by atoms with van der Waals surface area (Å²) >= 11 is 0. The Morgan fingerprint density at radius 1 is 0.541 bits per heavy atom. The first kappa shape index (κ1) is 25.7. The Labute approximate surface area is 218 Å². The van der Waals surface area contributed by atoms with E-state index in [9.17, 15) is 0 Å². The van der Waals surface area contributed by atoms with Gasteiger partial charge < -0.3 is 23.7 Å². The minimum atomic E-state index is 0.645. The van der Waals surface area contributed by atoms with E-state index in [4.69, 9.17) is 23.7 Å². The van der Waals surface area contributed by atoms with Crippen LogP contribution < -0.4 is 23.7 Å². The lowest BCUT2D eigenvalue weighted by Gasteiger charge is -2.12. The van der Waals surface area contributed by atoms with Gasteiger partial charge >= 0.3 is 0 Å². The summed E-state index contributed by atoms with van der Waals surface area (Å²) in [5, 5.41) is 0. The molecule has 0 fully saturated rings. The second-order valence-corrected chi connectivity index (χ2v) is 8.42. The number of para-hydroxylation sites is 1. The van der Waals surface area contributed by atoms with Crippen LogP contribution in [0, 0.1) is 0 Å². The second kappa shape index (κ2) is 12.5. The maximum Gasteiger partial charge on any atom is 0.169 e. The van der Waals surface area contributed by atoms with Gasteiger partial charge in [-0.2, -0.15) is 0 Å². The van der Waals surface area contributed by atoms with E-state index < -0.39 is 0 Å². The fourth-order valence-corrected chi connectivity index (χ4v) is 4.07. The van der Waals surface area contributed by atoms with Gasteiger partial charge in [-0.05, 0) is 72.0 Å². The number of aryl methyl sites for hydroxylation is 2. The Morgan fingerprint density at radius 2 is 1.30 bits per heavy atom. The Morgan fingerprint density at radius 3 is 2.03 bits per heavy atom. The van der Waals surface area contributed by atoms with Gasteiger partial charge in [-0.15, -0.1) is 0 Å². The fraction of sp³-hybridized carbons (Fsp3) is 0.188. The third-order valence-electron chi connectivity index (χ3n) is 6.06. The van der Waals surface area contributed by atoms with Crippen LogP contribution in [0.1, 0.15) is 22.3 Å². The average Bonchev–Trinajstić information content (AvgIpc) is 2.95. The summed E-state index contributed by atoms with van der Waals surface area (Å²) in [6, 6.07) is 28.0. The second-order valence-electron chi connectivity index (χ2n) is 8.42. The highest BCUT2D eigenvalue weighted by Gasteiger charge is 2.09. The normalized spacial score (nSPS) is 10.8. The molecule has 0 bridgehead atoms. The maximum absolute atomic E-state index is 6.20. The van der Waals surface area contributed by atoms with Gasteiger partial charge in [-0.3, -0.25) is 0 Å². The predicted octanol–water partition coefficient (Wildman–Crippen LogP) is 7.47. The molecule has 0 aromatic heterocycles. The van der Waals surface area contributed by atoms with E-state index in [1.54, 1.807) is 28.4 Å². The highest BCUT2D eigenvalue weighted by molar-refractivity contribution is 5.75. The molecule has 4 aromatic carbocycles. The number of benzene rings is 4. The summed E-state index contributed by atoms with van der Waals surface area (Å²) in [6.45, 7) is 0. The molecule has 0 heterocycles. The van der Waals surface area contributed by atoms with Gasteiger partial charge in [-0.1, -0.05) is 54.6 Å². The summed E-state index contributed by atoms with van der Waals surface area (Å²) in [7, 11) is 6.60. The largest absolute Gasteiger partial charge is 0.497 e. The third-order valence-corrected chi connectivity index (χ3v) is 6.06. The van der Waals surface area contributed by atoms with Crippen molar-refractivity contribution in [2.45, 2.75) is 12.8 Å². The first-order valence-electron chi connectivity index (χ1n) is 12.1. The van der Waals surface area contributed by atoms with E-state index in [2.05, 4.69) is 24.3 Å². The van der Waals surface area contributed by atoms with Crippen molar-refractivity contribution < 1.29 is 23.7 Å². The molecule has 37 heavy (non-hydrogen) atoms. The van der Waals surface area contributed by atoms with Crippen molar-refractivity contribution in [3.63, 3.8) is 0 Å². The summed E-state index contributed by atoms with van der Waals surface area (Å²) in [5.41, 5.74) is 4.38. The first-order valence-corrected chi connectivity index (χ1v) is 12.1. The van der Waals surface area contributed by atoms with Gasteiger partial charge in [0.05, 0.1) is 28.4 Å². The smallest absolute Gasteiger partial charge is 0.169 e. The lowest BCUT2D eigenvalue weighted by atomic mass is 10.0. The van der Waals surface area contributed by atoms with E-state index in [-0.39, 0.29) is 0 Å². The van der Waals surface area contributed by atoms with Crippen molar-refractivity contribution in [3.8, 4) is 34.5 Å². The highest BCUT2D eigenvalue weighted by atomic mass is 16.5. The van der Waals surface area contributed by atoms with Gasteiger partial charge in [0.1, 0.15) is 11.5 Å². The number of ether oxygens (including phenoxy) is 5.